The lowest BCUT2D eigenvalue weighted by Gasteiger charge is -2.41. The predicted octanol–water partition coefficient (Wildman–Crippen LogP) is 2.84. The van der Waals surface area contributed by atoms with E-state index in [1.807, 2.05) is 43.3 Å². The molecule has 1 aliphatic rings. The van der Waals surface area contributed by atoms with Gasteiger partial charge in [-0.1, -0.05) is 42.8 Å². The Morgan fingerprint density at radius 1 is 1.11 bits per heavy atom. The van der Waals surface area contributed by atoms with E-state index in [1.165, 1.54) is 0 Å². The zero-order valence-electron chi connectivity index (χ0n) is 15.5. The van der Waals surface area contributed by atoms with Gasteiger partial charge in [0.05, 0.1) is 19.3 Å². The molecule has 1 aliphatic heterocycles. The van der Waals surface area contributed by atoms with Crippen molar-refractivity contribution in [3.05, 3.63) is 64.2 Å². The third kappa shape index (κ3) is 4.28. The third-order valence-electron chi connectivity index (χ3n) is 5.16. The number of hydrogen-bond donors (Lipinski definition) is 3. The minimum atomic E-state index is -1.09. The van der Waals surface area contributed by atoms with Crippen LogP contribution < -0.4 is 10.5 Å². The molecule has 146 valence electrons. The molecule has 0 spiro atoms. The molecule has 0 bridgehead atoms. The number of nitrogens with two attached hydrogens (primary N) is 1. The van der Waals surface area contributed by atoms with E-state index in [4.69, 9.17) is 26.8 Å². The van der Waals surface area contributed by atoms with Crippen LogP contribution in [0, 0.1) is 0 Å². The second-order valence-corrected chi connectivity index (χ2v) is 7.34. The molecular weight excluding hydrogens is 366 g/mol. The molecule has 27 heavy (non-hydrogen) atoms. The highest BCUT2D eigenvalue weighted by Crippen LogP contribution is 2.34. The Labute approximate surface area is 164 Å². The highest BCUT2D eigenvalue weighted by atomic mass is 35.5. The molecule has 2 aromatic rings. The molecule has 0 unspecified atom stereocenters. The van der Waals surface area contributed by atoms with Crippen molar-refractivity contribution < 1.29 is 19.7 Å². The van der Waals surface area contributed by atoms with Crippen LogP contribution in [0.4, 0.5) is 0 Å². The van der Waals surface area contributed by atoms with E-state index in [2.05, 4.69) is 0 Å². The number of aliphatic hydroxyl groups excluding tert-OH is 2. The second kappa shape index (κ2) is 8.59. The van der Waals surface area contributed by atoms with Gasteiger partial charge in [-0.25, -0.2) is 0 Å². The molecule has 5 atom stereocenters. The maximum atomic E-state index is 10.5. The molecule has 1 heterocycles. The summed E-state index contributed by atoms with van der Waals surface area (Å²) in [6, 6.07) is 12.7. The van der Waals surface area contributed by atoms with Gasteiger partial charge in [-0.15, -0.1) is 0 Å². The lowest BCUT2D eigenvalue weighted by Crippen LogP contribution is -2.58. The predicted molar refractivity (Wildman–Crippen MR) is 105 cm³/mol. The maximum absolute atomic E-state index is 10.5. The van der Waals surface area contributed by atoms with E-state index in [1.54, 1.807) is 13.2 Å². The normalized spacial score (nSPS) is 28.1. The fourth-order valence-corrected chi connectivity index (χ4v) is 3.69. The molecule has 0 radical (unpaired) electrons. The van der Waals surface area contributed by atoms with Crippen LogP contribution in [0.5, 0.6) is 5.75 Å². The van der Waals surface area contributed by atoms with Crippen molar-refractivity contribution in [2.24, 2.45) is 5.73 Å². The molecule has 3 rings (SSSR count). The van der Waals surface area contributed by atoms with Gasteiger partial charge < -0.3 is 25.4 Å². The van der Waals surface area contributed by atoms with Crippen LogP contribution in [0.25, 0.3) is 0 Å². The third-order valence-corrected chi connectivity index (χ3v) is 5.53. The van der Waals surface area contributed by atoms with Gasteiger partial charge in [0.1, 0.15) is 24.1 Å². The minimum Gasteiger partial charge on any atom is -0.497 e. The Hall–Kier alpha value is -1.63. The summed E-state index contributed by atoms with van der Waals surface area (Å²) in [5.74, 6) is 0.799. The molecule has 5 nitrogen and oxygen atoms in total. The highest BCUT2D eigenvalue weighted by molar-refractivity contribution is 6.31. The monoisotopic (exact) mass is 391 g/mol. The zero-order valence-corrected chi connectivity index (χ0v) is 16.3. The van der Waals surface area contributed by atoms with Gasteiger partial charge in [0, 0.05) is 5.02 Å². The summed E-state index contributed by atoms with van der Waals surface area (Å²) in [5, 5.41) is 21.4. The van der Waals surface area contributed by atoms with Crippen molar-refractivity contribution in [3.8, 4) is 5.75 Å². The van der Waals surface area contributed by atoms with Crippen molar-refractivity contribution in [3.63, 3.8) is 0 Å². The zero-order chi connectivity index (χ0) is 19.6. The van der Waals surface area contributed by atoms with Gasteiger partial charge >= 0.3 is 0 Å². The fourth-order valence-electron chi connectivity index (χ4n) is 3.50. The Bertz CT molecular complexity index is 765. The summed E-state index contributed by atoms with van der Waals surface area (Å²) in [4.78, 5) is 0. The number of rotatable bonds is 5. The molecular formula is C21H26ClNO4. The Balaban J connectivity index is 1.85. The molecule has 2 aromatic carbocycles. The van der Waals surface area contributed by atoms with Crippen LogP contribution in [0.2, 0.25) is 5.02 Å². The van der Waals surface area contributed by atoms with E-state index < -0.39 is 24.4 Å². The number of methoxy groups -OCH3 is 1. The van der Waals surface area contributed by atoms with Crippen LogP contribution in [0.15, 0.2) is 42.5 Å². The average Bonchev–Trinajstić information content (AvgIpc) is 2.69. The Morgan fingerprint density at radius 2 is 1.81 bits per heavy atom. The molecule has 6 heteroatoms. The molecule has 0 amide bonds. The Kier molecular flexibility index (Phi) is 6.40. The van der Waals surface area contributed by atoms with Crippen LogP contribution in [-0.4, -0.2) is 41.7 Å². The van der Waals surface area contributed by atoms with Gasteiger partial charge in [-0.05, 0) is 47.7 Å². The van der Waals surface area contributed by atoms with E-state index in [0.717, 1.165) is 22.4 Å². The van der Waals surface area contributed by atoms with Crippen molar-refractivity contribution in [1.82, 2.24) is 0 Å². The molecule has 0 aliphatic carbocycles. The number of aliphatic hydroxyl groups is 2. The molecule has 1 saturated heterocycles. The number of halogens is 1. The first-order valence-electron chi connectivity index (χ1n) is 9.13. The van der Waals surface area contributed by atoms with E-state index in [9.17, 15) is 10.2 Å². The number of benzene rings is 2. The van der Waals surface area contributed by atoms with Gasteiger partial charge in [0.2, 0.25) is 0 Å². The second-order valence-electron chi connectivity index (χ2n) is 6.94. The topological polar surface area (TPSA) is 84.9 Å². The average molecular weight is 392 g/mol. The van der Waals surface area contributed by atoms with E-state index in [-0.39, 0.29) is 6.10 Å². The van der Waals surface area contributed by atoms with Crippen LogP contribution >= 0.6 is 11.6 Å². The summed E-state index contributed by atoms with van der Waals surface area (Å²) in [5.41, 5.74) is 8.77. The van der Waals surface area contributed by atoms with Crippen molar-refractivity contribution in [1.29, 1.82) is 0 Å². The quantitative estimate of drug-likeness (QED) is 0.729. The van der Waals surface area contributed by atoms with Crippen molar-refractivity contribution in [2.75, 3.05) is 7.11 Å². The first kappa shape index (κ1) is 20.1. The number of hydrogen-bond acceptors (Lipinski definition) is 5. The van der Waals surface area contributed by atoms with E-state index in [0.29, 0.717) is 17.9 Å². The SMILES string of the molecule is CC[C@H]1O[C@@H](c2ccc(Cl)c(Cc3ccc(OC)cc3)c2)[C@H](O)[C@@H](O)[C@@H]1N. The molecule has 0 saturated carbocycles. The maximum Gasteiger partial charge on any atom is 0.118 e. The Morgan fingerprint density at radius 3 is 2.44 bits per heavy atom. The lowest BCUT2D eigenvalue weighted by molar-refractivity contribution is -0.181. The minimum absolute atomic E-state index is 0.311. The van der Waals surface area contributed by atoms with E-state index >= 15 is 0 Å². The largest absolute Gasteiger partial charge is 0.497 e. The van der Waals surface area contributed by atoms with Crippen LogP contribution in [0.3, 0.4) is 0 Å². The molecule has 4 N–H and O–H groups in total. The standard InChI is InChI=1S/C21H26ClNO4/c1-3-17-18(23)19(24)20(25)21(27-17)13-6-9-16(22)14(11-13)10-12-4-7-15(26-2)8-5-12/h4-9,11,17-21,24-25H,3,10,23H2,1-2H3/t17-,18-,19+,20-,21+/m1/s1. The molecule has 1 fully saturated rings. The summed E-state index contributed by atoms with van der Waals surface area (Å²) < 4.78 is 11.2. The summed E-state index contributed by atoms with van der Waals surface area (Å²) in [6.45, 7) is 1.95. The summed E-state index contributed by atoms with van der Waals surface area (Å²) in [6.07, 6.45) is -1.77. The van der Waals surface area contributed by atoms with Crippen LogP contribution in [0.1, 0.15) is 36.1 Å². The first-order chi connectivity index (χ1) is 12.9. The van der Waals surface area contributed by atoms with Gasteiger partial charge in [0.25, 0.3) is 0 Å². The smallest absolute Gasteiger partial charge is 0.118 e. The fraction of sp³-hybridized carbons (Fsp3) is 0.429. The summed E-state index contributed by atoms with van der Waals surface area (Å²) >= 11 is 6.39. The lowest BCUT2D eigenvalue weighted by atomic mass is 9.88. The number of ether oxygens (including phenoxy) is 2. The van der Waals surface area contributed by atoms with Crippen LogP contribution in [-0.2, 0) is 11.2 Å². The van der Waals surface area contributed by atoms with Crippen molar-refractivity contribution in [2.45, 2.75) is 50.2 Å². The van der Waals surface area contributed by atoms with Gasteiger partial charge in [-0.2, -0.15) is 0 Å². The highest BCUT2D eigenvalue weighted by Gasteiger charge is 2.42. The summed E-state index contributed by atoms with van der Waals surface area (Å²) in [7, 11) is 1.63. The molecule has 0 aromatic heterocycles. The first-order valence-corrected chi connectivity index (χ1v) is 9.50. The van der Waals surface area contributed by atoms with Gasteiger partial charge in [-0.3, -0.25) is 0 Å². The van der Waals surface area contributed by atoms with Crippen molar-refractivity contribution >= 4 is 11.6 Å². The van der Waals surface area contributed by atoms with Gasteiger partial charge in [0.15, 0.2) is 0 Å².